The maximum atomic E-state index is 5.13. The zero-order chi connectivity index (χ0) is 8.24. The zero-order valence-corrected chi connectivity index (χ0v) is 8.26. The molecule has 0 atom stereocenters. The summed E-state index contributed by atoms with van der Waals surface area (Å²) in [5.74, 6) is 1.01. The zero-order valence-electron chi connectivity index (χ0n) is 5.24. The third-order valence-electron chi connectivity index (χ3n) is 0.356. The van der Waals surface area contributed by atoms with Crippen LogP contribution in [0.2, 0.25) is 0 Å². The molecule has 0 nitrogen and oxygen atoms in total. The highest BCUT2D eigenvalue weighted by molar-refractivity contribution is 6.26. The fourth-order valence-corrected chi connectivity index (χ4v) is 0.606. The van der Waals surface area contributed by atoms with E-state index in [0.717, 1.165) is 0 Å². The number of halogens is 4. The normalized spacial score (nSPS) is 10.0. The Hall–Kier alpha value is 0.640. The largest absolute Gasteiger partial charge is 0.122 e. The first-order valence-corrected chi connectivity index (χ1v) is 4.40. The fraction of sp³-hybridized carbons (Fsp3) is 0.333. The van der Waals surface area contributed by atoms with Crippen molar-refractivity contribution in [2.45, 2.75) is 0 Å². The quantitative estimate of drug-likeness (QED) is 0.620. The van der Waals surface area contributed by atoms with Crippen molar-refractivity contribution in [1.29, 1.82) is 0 Å². The van der Waals surface area contributed by atoms with Crippen molar-refractivity contribution in [3.63, 3.8) is 0 Å². The molecular weight excluding hydrogens is 214 g/mol. The molecule has 0 saturated heterocycles. The Balaban J connectivity index is 0. The Morgan fingerprint density at radius 1 is 0.800 bits per heavy atom. The molecule has 0 unspecified atom stereocenters. The molecule has 0 aliphatic carbocycles. The molecule has 10 heavy (non-hydrogen) atoms. The average Bonchev–Trinajstić information content (AvgIpc) is 1.93. The van der Waals surface area contributed by atoms with Gasteiger partial charge >= 0.3 is 0 Å². The van der Waals surface area contributed by atoms with Crippen LogP contribution in [-0.2, 0) is 0 Å². The van der Waals surface area contributed by atoms with Gasteiger partial charge in [-0.05, 0) is 0 Å². The first-order valence-electron chi connectivity index (χ1n) is 2.45. The van der Waals surface area contributed by atoms with Crippen LogP contribution in [0.5, 0.6) is 0 Å². The van der Waals surface area contributed by atoms with Crippen LogP contribution in [0.25, 0.3) is 0 Å². The minimum absolute atomic E-state index is 0.503. The molecule has 0 rings (SSSR count). The first-order chi connectivity index (χ1) is 4.83. The van der Waals surface area contributed by atoms with E-state index < -0.39 is 0 Å². The van der Waals surface area contributed by atoms with E-state index in [1.54, 1.807) is 12.2 Å². The number of hydrogen-bond acceptors (Lipinski definition) is 0. The van der Waals surface area contributed by atoms with Crippen molar-refractivity contribution >= 4 is 46.4 Å². The maximum Gasteiger partial charge on any atom is 0.0415 e. The second-order valence-corrected chi connectivity index (χ2v) is 2.15. The highest BCUT2D eigenvalue weighted by atomic mass is 35.5. The van der Waals surface area contributed by atoms with Gasteiger partial charge in [-0.1, -0.05) is 35.4 Å². The first kappa shape index (κ1) is 13.2. The molecule has 0 aromatic carbocycles. The smallest absolute Gasteiger partial charge is 0.0415 e. The van der Waals surface area contributed by atoms with Crippen LogP contribution in [0, 0.1) is 0 Å². The average molecular weight is 222 g/mol. The summed E-state index contributed by atoms with van der Waals surface area (Å²) in [5, 5.41) is 0. The number of hydrogen-bond donors (Lipinski definition) is 0. The van der Waals surface area contributed by atoms with Gasteiger partial charge in [0.05, 0.1) is 0 Å². The molecule has 0 saturated carbocycles. The molecule has 4 heteroatoms. The lowest BCUT2D eigenvalue weighted by Crippen LogP contribution is -1.48. The van der Waals surface area contributed by atoms with Crippen molar-refractivity contribution < 1.29 is 0 Å². The van der Waals surface area contributed by atoms with E-state index in [1.807, 2.05) is 0 Å². The summed E-state index contributed by atoms with van der Waals surface area (Å²) in [4.78, 5) is 0. The molecule has 0 aliphatic rings. The number of allylic oxidation sites excluding steroid dienone is 2. The van der Waals surface area contributed by atoms with Gasteiger partial charge in [-0.15, -0.1) is 23.2 Å². The van der Waals surface area contributed by atoms with Crippen LogP contribution < -0.4 is 0 Å². The van der Waals surface area contributed by atoms with Crippen molar-refractivity contribution in [2.75, 3.05) is 11.8 Å². The summed E-state index contributed by atoms with van der Waals surface area (Å²) in [6.45, 7) is 0. The van der Waals surface area contributed by atoms with Crippen LogP contribution in [0.15, 0.2) is 23.2 Å². The topological polar surface area (TPSA) is 0 Å². The summed E-state index contributed by atoms with van der Waals surface area (Å²) < 4.78 is 0. The Morgan fingerprint density at radius 2 is 1.10 bits per heavy atom. The lowest BCUT2D eigenvalue weighted by Gasteiger charge is -1.61. The highest BCUT2D eigenvalue weighted by Crippen LogP contribution is 1.79. The predicted molar refractivity (Wildman–Crippen MR) is 51.4 cm³/mol. The molecule has 0 aromatic rings. The Kier molecular flexibility index (Phi) is 21.6. The monoisotopic (exact) mass is 220 g/mol. The molecular formula is C6H8Cl4. The standard InChI is InChI=1S/2C3H4Cl2/c2*4-2-1-3-5/h2*1-2H,3H2/b2-1+;2-1-. The van der Waals surface area contributed by atoms with Gasteiger partial charge in [0.25, 0.3) is 0 Å². The summed E-state index contributed by atoms with van der Waals surface area (Å²) in [7, 11) is 0. The van der Waals surface area contributed by atoms with E-state index in [-0.39, 0.29) is 0 Å². The summed E-state index contributed by atoms with van der Waals surface area (Å²) in [5.41, 5.74) is 2.79. The van der Waals surface area contributed by atoms with E-state index in [1.165, 1.54) is 11.1 Å². The molecule has 0 fully saturated rings. The molecule has 0 aromatic heterocycles. The van der Waals surface area contributed by atoms with Crippen LogP contribution in [0.4, 0.5) is 0 Å². The fourth-order valence-electron chi connectivity index (χ4n) is 0.0673. The Morgan fingerprint density at radius 3 is 1.10 bits per heavy atom. The summed E-state index contributed by atoms with van der Waals surface area (Å²) in [6.07, 6.45) is 3.31. The molecule has 0 aliphatic heterocycles. The van der Waals surface area contributed by atoms with Gasteiger partial charge in [0.2, 0.25) is 0 Å². The molecule has 0 bridgehead atoms. The maximum absolute atomic E-state index is 5.13. The van der Waals surface area contributed by atoms with E-state index in [2.05, 4.69) is 0 Å². The third kappa shape index (κ3) is 23.4. The van der Waals surface area contributed by atoms with E-state index in [0.29, 0.717) is 11.8 Å². The lowest BCUT2D eigenvalue weighted by molar-refractivity contribution is 1.79. The van der Waals surface area contributed by atoms with Crippen molar-refractivity contribution in [1.82, 2.24) is 0 Å². The van der Waals surface area contributed by atoms with Crippen molar-refractivity contribution in [2.24, 2.45) is 0 Å². The molecule has 0 heterocycles. The van der Waals surface area contributed by atoms with E-state index >= 15 is 0 Å². The minimum atomic E-state index is 0.503. The van der Waals surface area contributed by atoms with E-state index in [4.69, 9.17) is 46.4 Å². The van der Waals surface area contributed by atoms with Crippen LogP contribution in [0.3, 0.4) is 0 Å². The summed E-state index contributed by atoms with van der Waals surface area (Å²) >= 11 is 20.3. The Labute approximate surface area is 81.4 Å². The van der Waals surface area contributed by atoms with Gasteiger partial charge in [0, 0.05) is 22.8 Å². The van der Waals surface area contributed by atoms with Crippen LogP contribution >= 0.6 is 46.4 Å². The van der Waals surface area contributed by atoms with E-state index in [9.17, 15) is 0 Å². The van der Waals surface area contributed by atoms with Gasteiger partial charge in [-0.2, -0.15) is 0 Å². The summed E-state index contributed by atoms with van der Waals surface area (Å²) in [6, 6.07) is 0. The van der Waals surface area contributed by atoms with Crippen LogP contribution in [-0.4, -0.2) is 11.8 Å². The lowest BCUT2D eigenvalue weighted by atomic mass is 10.8. The SMILES string of the molecule is Cl/C=C/CCl.Cl/C=C\CCl. The second kappa shape index (κ2) is 16.3. The van der Waals surface area contributed by atoms with Gasteiger partial charge in [-0.25, -0.2) is 0 Å². The number of rotatable bonds is 2. The van der Waals surface area contributed by atoms with Crippen molar-refractivity contribution in [3.8, 4) is 0 Å². The van der Waals surface area contributed by atoms with Gasteiger partial charge in [0.15, 0.2) is 0 Å². The number of alkyl halides is 2. The highest BCUT2D eigenvalue weighted by Gasteiger charge is 1.56. The predicted octanol–water partition coefficient (Wildman–Crippen LogP) is 3.96. The van der Waals surface area contributed by atoms with Gasteiger partial charge in [-0.3, -0.25) is 0 Å². The third-order valence-corrected chi connectivity index (χ3v) is 1.07. The molecule has 0 N–H and O–H groups in total. The van der Waals surface area contributed by atoms with Gasteiger partial charge < -0.3 is 0 Å². The molecule has 0 radical (unpaired) electrons. The van der Waals surface area contributed by atoms with Crippen LogP contribution in [0.1, 0.15) is 0 Å². The molecule has 60 valence electrons. The molecule has 0 amide bonds. The second-order valence-electron chi connectivity index (χ2n) is 1.03. The Bertz CT molecular complexity index is 75.7. The molecule has 0 spiro atoms. The van der Waals surface area contributed by atoms with Gasteiger partial charge in [0.1, 0.15) is 0 Å². The minimum Gasteiger partial charge on any atom is -0.122 e. The van der Waals surface area contributed by atoms with Crippen molar-refractivity contribution in [3.05, 3.63) is 23.2 Å².